The van der Waals surface area contributed by atoms with Crippen molar-refractivity contribution in [3.63, 3.8) is 0 Å². The minimum absolute atomic E-state index is 0.191. The smallest absolute Gasteiger partial charge is 0.146 e. The molecule has 0 radical (unpaired) electrons. The van der Waals surface area contributed by atoms with Crippen molar-refractivity contribution in [2.75, 3.05) is 0 Å². The molecule has 0 amide bonds. The van der Waals surface area contributed by atoms with Gasteiger partial charge in [-0.2, -0.15) is 5.11 Å². The number of hydrazine groups is 1. The molecule has 0 aromatic carbocycles. The fourth-order valence-electron chi connectivity index (χ4n) is 2.90. The van der Waals surface area contributed by atoms with E-state index in [2.05, 4.69) is 28.3 Å². The summed E-state index contributed by atoms with van der Waals surface area (Å²) in [5.74, 6) is 6.76. The SMILES string of the molecule is CCc1cc(CN2N=NC3C(c4ccco4)=CN(N)C=C32)ccn1. The summed E-state index contributed by atoms with van der Waals surface area (Å²) in [4.78, 5) is 4.33. The van der Waals surface area contributed by atoms with Crippen molar-refractivity contribution in [1.29, 1.82) is 0 Å². The Bertz CT molecular complexity index is 823. The van der Waals surface area contributed by atoms with Crippen molar-refractivity contribution in [3.8, 4) is 0 Å². The van der Waals surface area contributed by atoms with E-state index in [-0.39, 0.29) is 6.04 Å². The summed E-state index contributed by atoms with van der Waals surface area (Å²) in [5, 5.41) is 12.1. The van der Waals surface area contributed by atoms with Gasteiger partial charge in [0.2, 0.25) is 0 Å². The molecule has 1 atom stereocenters. The van der Waals surface area contributed by atoms with E-state index >= 15 is 0 Å². The third-order valence-electron chi connectivity index (χ3n) is 4.10. The number of furan rings is 1. The van der Waals surface area contributed by atoms with Crippen molar-refractivity contribution in [2.24, 2.45) is 16.2 Å². The molecule has 0 aliphatic carbocycles. The largest absolute Gasteiger partial charge is 0.465 e. The lowest BCUT2D eigenvalue weighted by molar-refractivity contribution is 0.349. The van der Waals surface area contributed by atoms with Crippen molar-refractivity contribution in [3.05, 3.63) is 71.8 Å². The predicted molar refractivity (Wildman–Crippen MR) is 88.6 cm³/mol. The Kier molecular flexibility index (Phi) is 3.62. The van der Waals surface area contributed by atoms with Crippen LogP contribution >= 0.6 is 0 Å². The maximum Gasteiger partial charge on any atom is 0.146 e. The zero-order valence-corrected chi connectivity index (χ0v) is 13.3. The molecule has 24 heavy (non-hydrogen) atoms. The second-order valence-electron chi connectivity index (χ2n) is 5.74. The Hall–Kier alpha value is -2.93. The van der Waals surface area contributed by atoms with Gasteiger partial charge in [-0.1, -0.05) is 12.1 Å². The normalized spacial score (nSPS) is 19.3. The molecule has 2 N–H and O–H groups in total. The summed E-state index contributed by atoms with van der Waals surface area (Å²) < 4.78 is 5.51. The highest BCUT2D eigenvalue weighted by Gasteiger charge is 2.34. The maximum atomic E-state index is 6.01. The van der Waals surface area contributed by atoms with E-state index in [1.807, 2.05) is 41.8 Å². The minimum atomic E-state index is -0.191. The van der Waals surface area contributed by atoms with E-state index in [0.29, 0.717) is 6.54 Å². The molecular formula is C17H18N6O. The van der Waals surface area contributed by atoms with Gasteiger partial charge < -0.3 is 4.42 Å². The second-order valence-corrected chi connectivity index (χ2v) is 5.74. The van der Waals surface area contributed by atoms with Gasteiger partial charge >= 0.3 is 0 Å². The van der Waals surface area contributed by atoms with E-state index in [1.54, 1.807) is 6.26 Å². The molecule has 122 valence electrons. The number of hydrogen-bond acceptors (Lipinski definition) is 7. The molecule has 4 heterocycles. The van der Waals surface area contributed by atoms with E-state index in [4.69, 9.17) is 10.3 Å². The second kappa shape index (κ2) is 5.93. The maximum absolute atomic E-state index is 6.01. The van der Waals surface area contributed by atoms with E-state index in [1.165, 1.54) is 5.01 Å². The van der Waals surface area contributed by atoms with Crippen LogP contribution in [0.4, 0.5) is 0 Å². The van der Waals surface area contributed by atoms with Crippen molar-refractivity contribution in [2.45, 2.75) is 25.9 Å². The van der Waals surface area contributed by atoms with Crippen LogP contribution in [0, 0.1) is 0 Å². The number of nitrogens with two attached hydrogens (primary N) is 1. The van der Waals surface area contributed by atoms with Crippen LogP contribution in [-0.2, 0) is 13.0 Å². The highest BCUT2D eigenvalue weighted by molar-refractivity contribution is 5.70. The number of fused-ring (bicyclic) bond motifs is 1. The number of aromatic nitrogens is 1. The quantitative estimate of drug-likeness (QED) is 0.875. The van der Waals surface area contributed by atoms with Crippen LogP contribution in [0.25, 0.3) is 5.57 Å². The minimum Gasteiger partial charge on any atom is -0.465 e. The van der Waals surface area contributed by atoms with Gasteiger partial charge in [0, 0.05) is 29.9 Å². The lowest BCUT2D eigenvalue weighted by Gasteiger charge is -2.25. The van der Waals surface area contributed by atoms with Crippen LogP contribution in [0.5, 0.6) is 0 Å². The molecule has 2 aliphatic rings. The summed E-state index contributed by atoms with van der Waals surface area (Å²) in [6, 6.07) is 7.65. The first-order valence-corrected chi connectivity index (χ1v) is 7.87. The third-order valence-corrected chi connectivity index (χ3v) is 4.10. The fraction of sp³-hybridized carbons (Fsp3) is 0.235. The summed E-state index contributed by atoms with van der Waals surface area (Å²) in [6.07, 6.45) is 8.04. The molecule has 0 saturated heterocycles. The molecular weight excluding hydrogens is 304 g/mol. The van der Waals surface area contributed by atoms with Gasteiger partial charge in [0.15, 0.2) is 0 Å². The standard InChI is InChI=1S/C17H18N6O/c1-2-13-8-12(5-6-19-13)9-23-15-11-22(18)10-14(17(15)20-21-23)16-4-3-7-24-16/h3-8,10-11,17H,2,9,18H2,1H3. The van der Waals surface area contributed by atoms with Gasteiger partial charge in [-0.3, -0.25) is 9.99 Å². The van der Waals surface area contributed by atoms with Crippen LogP contribution in [0.15, 0.2) is 69.6 Å². The highest BCUT2D eigenvalue weighted by atomic mass is 16.3. The summed E-state index contributed by atoms with van der Waals surface area (Å²) in [6.45, 7) is 2.72. The number of pyridine rings is 1. The molecule has 2 aromatic rings. The Morgan fingerprint density at radius 1 is 1.29 bits per heavy atom. The molecule has 0 fully saturated rings. The molecule has 0 spiro atoms. The average Bonchev–Trinajstić information content (AvgIpc) is 3.25. The molecule has 7 nitrogen and oxygen atoms in total. The lowest BCUT2D eigenvalue weighted by atomic mass is 10.0. The average molecular weight is 322 g/mol. The monoisotopic (exact) mass is 322 g/mol. The number of hydrogen-bond donors (Lipinski definition) is 1. The number of rotatable bonds is 4. The van der Waals surface area contributed by atoms with Gasteiger partial charge in [-0.05, 0) is 36.2 Å². The summed E-state index contributed by atoms with van der Waals surface area (Å²) in [7, 11) is 0. The number of nitrogens with zero attached hydrogens (tertiary/aromatic N) is 5. The number of aryl methyl sites for hydroxylation is 1. The molecule has 7 heteroatoms. The van der Waals surface area contributed by atoms with Crippen LogP contribution in [0.2, 0.25) is 0 Å². The van der Waals surface area contributed by atoms with Crippen molar-refractivity contribution < 1.29 is 4.42 Å². The molecule has 0 bridgehead atoms. The van der Waals surface area contributed by atoms with E-state index in [0.717, 1.165) is 34.7 Å². The first-order chi connectivity index (χ1) is 11.7. The van der Waals surface area contributed by atoms with E-state index in [9.17, 15) is 0 Å². The van der Waals surface area contributed by atoms with Crippen LogP contribution in [0.1, 0.15) is 23.9 Å². The molecule has 1 unspecified atom stereocenters. The molecule has 2 aliphatic heterocycles. The predicted octanol–water partition coefficient (Wildman–Crippen LogP) is 2.86. The molecule has 0 saturated carbocycles. The zero-order valence-electron chi connectivity index (χ0n) is 13.3. The van der Waals surface area contributed by atoms with Gasteiger partial charge in [0.25, 0.3) is 0 Å². The first kappa shape index (κ1) is 14.6. The van der Waals surface area contributed by atoms with Gasteiger partial charge in [-0.15, -0.1) is 0 Å². The third kappa shape index (κ3) is 2.59. The van der Waals surface area contributed by atoms with Crippen LogP contribution in [0.3, 0.4) is 0 Å². The first-order valence-electron chi connectivity index (χ1n) is 7.87. The van der Waals surface area contributed by atoms with Crippen molar-refractivity contribution in [1.82, 2.24) is 15.0 Å². The Labute approximate surface area is 139 Å². The lowest BCUT2D eigenvalue weighted by Crippen LogP contribution is -2.30. The van der Waals surface area contributed by atoms with Gasteiger partial charge in [0.1, 0.15) is 11.8 Å². The summed E-state index contributed by atoms with van der Waals surface area (Å²) in [5.41, 5.74) is 4.03. The fourth-order valence-corrected chi connectivity index (χ4v) is 2.90. The van der Waals surface area contributed by atoms with Crippen LogP contribution < -0.4 is 5.84 Å². The Morgan fingerprint density at radius 2 is 2.21 bits per heavy atom. The Morgan fingerprint density at radius 3 is 3.00 bits per heavy atom. The molecule has 2 aromatic heterocycles. The van der Waals surface area contributed by atoms with Gasteiger partial charge in [-0.25, -0.2) is 10.9 Å². The topological polar surface area (TPSA) is 83.2 Å². The highest BCUT2D eigenvalue weighted by Crippen LogP contribution is 2.36. The molecule has 4 rings (SSSR count). The Balaban J connectivity index is 1.59. The zero-order chi connectivity index (χ0) is 16.5. The van der Waals surface area contributed by atoms with Crippen LogP contribution in [-0.4, -0.2) is 21.0 Å². The summed E-state index contributed by atoms with van der Waals surface area (Å²) >= 11 is 0. The van der Waals surface area contributed by atoms with E-state index < -0.39 is 0 Å². The van der Waals surface area contributed by atoms with Crippen molar-refractivity contribution >= 4 is 5.57 Å². The van der Waals surface area contributed by atoms with Gasteiger partial charge in [0.05, 0.1) is 18.5 Å².